The first-order valence-corrected chi connectivity index (χ1v) is 7.74. The van der Waals surface area contributed by atoms with Crippen LogP contribution in [0.25, 0.3) is 0 Å². The number of carbonyl (C=O) groups is 1. The zero-order chi connectivity index (χ0) is 15.7. The average molecular weight is 292 g/mol. The van der Waals surface area contributed by atoms with Crippen molar-refractivity contribution in [2.75, 3.05) is 0 Å². The Morgan fingerprint density at radius 2 is 2.00 bits per heavy atom. The van der Waals surface area contributed by atoms with Gasteiger partial charge in [0.1, 0.15) is 0 Å². The van der Waals surface area contributed by atoms with Crippen LogP contribution in [-0.2, 0) is 4.79 Å². The van der Waals surface area contributed by atoms with Crippen LogP contribution in [0.15, 0.2) is 12.5 Å². The lowest BCUT2D eigenvalue weighted by Gasteiger charge is -2.46. The van der Waals surface area contributed by atoms with E-state index in [2.05, 4.69) is 48.3 Å². The fourth-order valence-electron chi connectivity index (χ4n) is 3.82. The van der Waals surface area contributed by atoms with Crippen LogP contribution in [0, 0.1) is 5.92 Å². The van der Waals surface area contributed by atoms with Gasteiger partial charge in [0.25, 0.3) is 0 Å². The first-order chi connectivity index (χ1) is 9.67. The molecule has 1 unspecified atom stereocenters. The van der Waals surface area contributed by atoms with Gasteiger partial charge in [0.05, 0.1) is 24.3 Å². The molecule has 0 aromatic carbocycles. The highest BCUT2D eigenvalue weighted by atomic mass is 16.1. The third kappa shape index (κ3) is 4.56. The standard InChI is InChI=1S/C16H28N4O/c1-11(13-9-17-10-18-13)19-14(21)6-12-7-15(2,3)20-16(4,5)8-12/h9-12,20H,6-8H2,1-5H3,(H,17,18)(H,19,21). The lowest BCUT2D eigenvalue weighted by molar-refractivity contribution is -0.123. The smallest absolute Gasteiger partial charge is 0.220 e. The Bertz CT molecular complexity index is 462. The number of rotatable bonds is 4. The zero-order valence-corrected chi connectivity index (χ0v) is 13.8. The maximum absolute atomic E-state index is 12.3. The molecule has 1 atom stereocenters. The molecule has 118 valence electrons. The van der Waals surface area contributed by atoms with Gasteiger partial charge in [-0.05, 0) is 53.4 Å². The second kappa shape index (κ2) is 5.79. The Hall–Kier alpha value is -1.36. The average Bonchev–Trinajstić information content (AvgIpc) is 2.76. The minimum atomic E-state index is -0.0252. The van der Waals surface area contributed by atoms with Gasteiger partial charge in [-0.15, -0.1) is 0 Å². The van der Waals surface area contributed by atoms with Crippen molar-refractivity contribution < 1.29 is 4.79 Å². The third-order valence-electron chi connectivity index (χ3n) is 4.11. The van der Waals surface area contributed by atoms with E-state index in [4.69, 9.17) is 0 Å². The number of carbonyl (C=O) groups excluding carboxylic acids is 1. The number of hydrogen-bond acceptors (Lipinski definition) is 3. The Kier molecular flexibility index (Phi) is 4.42. The molecule has 0 aliphatic carbocycles. The van der Waals surface area contributed by atoms with Crippen LogP contribution in [0.5, 0.6) is 0 Å². The molecule has 1 fully saturated rings. The fraction of sp³-hybridized carbons (Fsp3) is 0.750. The molecular weight excluding hydrogens is 264 g/mol. The van der Waals surface area contributed by atoms with Crippen molar-refractivity contribution in [1.82, 2.24) is 20.6 Å². The van der Waals surface area contributed by atoms with E-state index < -0.39 is 0 Å². The molecule has 1 amide bonds. The first kappa shape index (κ1) is 16.0. The van der Waals surface area contributed by atoms with Crippen LogP contribution < -0.4 is 10.6 Å². The highest BCUT2D eigenvalue weighted by molar-refractivity contribution is 5.76. The quantitative estimate of drug-likeness (QED) is 0.798. The van der Waals surface area contributed by atoms with E-state index in [1.54, 1.807) is 12.5 Å². The molecule has 3 N–H and O–H groups in total. The van der Waals surface area contributed by atoms with Crippen LogP contribution in [0.2, 0.25) is 0 Å². The van der Waals surface area contributed by atoms with Crippen LogP contribution in [-0.4, -0.2) is 27.0 Å². The molecule has 5 nitrogen and oxygen atoms in total. The minimum absolute atomic E-state index is 0.0252. The summed E-state index contributed by atoms with van der Waals surface area (Å²) in [7, 11) is 0. The minimum Gasteiger partial charge on any atom is -0.348 e. The second-order valence-electron chi connectivity index (χ2n) is 7.67. The van der Waals surface area contributed by atoms with E-state index in [0.29, 0.717) is 12.3 Å². The second-order valence-corrected chi connectivity index (χ2v) is 7.67. The molecule has 1 aliphatic heterocycles. The van der Waals surface area contributed by atoms with Crippen molar-refractivity contribution in [1.29, 1.82) is 0 Å². The lowest BCUT2D eigenvalue weighted by atomic mass is 9.74. The normalized spacial score (nSPS) is 22.7. The topological polar surface area (TPSA) is 69.8 Å². The van der Waals surface area contributed by atoms with Crippen molar-refractivity contribution >= 4 is 5.91 Å². The van der Waals surface area contributed by atoms with Gasteiger partial charge in [0.2, 0.25) is 5.91 Å². The van der Waals surface area contributed by atoms with Crippen LogP contribution >= 0.6 is 0 Å². The molecule has 1 aliphatic rings. The van der Waals surface area contributed by atoms with E-state index in [-0.39, 0.29) is 23.0 Å². The van der Waals surface area contributed by atoms with Gasteiger partial charge in [-0.3, -0.25) is 4.79 Å². The van der Waals surface area contributed by atoms with E-state index in [0.717, 1.165) is 18.5 Å². The van der Waals surface area contributed by atoms with E-state index in [1.165, 1.54) is 0 Å². The zero-order valence-electron chi connectivity index (χ0n) is 13.8. The number of nitrogens with one attached hydrogen (secondary N) is 3. The number of hydrogen-bond donors (Lipinski definition) is 3. The molecule has 0 spiro atoms. The number of amides is 1. The molecule has 0 radical (unpaired) electrons. The van der Waals surface area contributed by atoms with Gasteiger partial charge in [-0.2, -0.15) is 0 Å². The maximum Gasteiger partial charge on any atom is 0.220 e. The number of piperidine rings is 1. The predicted molar refractivity (Wildman–Crippen MR) is 83.8 cm³/mol. The van der Waals surface area contributed by atoms with Gasteiger partial charge in [0, 0.05) is 17.5 Å². The predicted octanol–water partition coefficient (Wildman–Crippen LogP) is 2.53. The van der Waals surface area contributed by atoms with E-state index in [1.807, 2.05) is 6.92 Å². The summed E-state index contributed by atoms with van der Waals surface area (Å²) >= 11 is 0. The Balaban J connectivity index is 1.90. The fourth-order valence-corrected chi connectivity index (χ4v) is 3.82. The first-order valence-electron chi connectivity index (χ1n) is 7.74. The van der Waals surface area contributed by atoms with Gasteiger partial charge < -0.3 is 15.6 Å². The summed E-state index contributed by atoms with van der Waals surface area (Å²) in [6.07, 6.45) is 6.04. The Morgan fingerprint density at radius 3 is 2.52 bits per heavy atom. The molecule has 21 heavy (non-hydrogen) atoms. The Labute approximate surface area is 127 Å². The highest BCUT2D eigenvalue weighted by Gasteiger charge is 2.38. The number of imidazole rings is 1. The molecule has 5 heteroatoms. The maximum atomic E-state index is 12.3. The lowest BCUT2D eigenvalue weighted by Crippen LogP contribution is -2.58. The highest BCUT2D eigenvalue weighted by Crippen LogP contribution is 2.34. The summed E-state index contributed by atoms with van der Waals surface area (Å²) in [6.45, 7) is 10.8. The van der Waals surface area contributed by atoms with Crippen molar-refractivity contribution in [3.05, 3.63) is 18.2 Å². The molecule has 0 bridgehead atoms. The van der Waals surface area contributed by atoms with Crippen molar-refractivity contribution in [2.45, 2.75) is 71.0 Å². The molecular formula is C16H28N4O. The number of H-pyrrole nitrogens is 1. The van der Waals surface area contributed by atoms with E-state index in [9.17, 15) is 4.79 Å². The largest absolute Gasteiger partial charge is 0.348 e. The summed E-state index contributed by atoms with van der Waals surface area (Å²) in [6, 6.07) is -0.0252. The van der Waals surface area contributed by atoms with Crippen molar-refractivity contribution in [2.24, 2.45) is 5.92 Å². The third-order valence-corrected chi connectivity index (χ3v) is 4.11. The van der Waals surface area contributed by atoms with Gasteiger partial charge in [-0.25, -0.2) is 4.98 Å². The molecule has 1 saturated heterocycles. The summed E-state index contributed by atoms with van der Waals surface area (Å²) in [5.41, 5.74) is 1.11. The number of aromatic amines is 1. The SMILES string of the molecule is CC(NC(=O)CC1CC(C)(C)NC(C)(C)C1)c1cnc[nH]1. The van der Waals surface area contributed by atoms with E-state index >= 15 is 0 Å². The molecule has 0 saturated carbocycles. The molecule has 1 aromatic rings. The summed E-state index contributed by atoms with van der Waals surface area (Å²) in [4.78, 5) is 19.3. The number of nitrogens with zero attached hydrogens (tertiary/aromatic N) is 1. The number of aromatic nitrogens is 2. The molecule has 2 heterocycles. The van der Waals surface area contributed by atoms with Crippen LogP contribution in [0.4, 0.5) is 0 Å². The van der Waals surface area contributed by atoms with Gasteiger partial charge in [-0.1, -0.05) is 0 Å². The Morgan fingerprint density at radius 1 is 1.38 bits per heavy atom. The van der Waals surface area contributed by atoms with Gasteiger partial charge in [0.15, 0.2) is 0 Å². The van der Waals surface area contributed by atoms with Crippen LogP contribution in [0.1, 0.15) is 65.6 Å². The summed E-state index contributed by atoms with van der Waals surface area (Å²) in [5.74, 6) is 0.542. The summed E-state index contributed by atoms with van der Waals surface area (Å²) in [5, 5.41) is 6.71. The molecule has 2 rings (SSSR count). The van der Waals surface area contributed by atoms with Crippen molar-refractivity contribution in [3.63, 3.8) is 0 Å². The molecule has 1 aromatic heterocycles. The summed E-state index contributed by atoms with van der Waals surface area (Å²) < 4.78 is 0. The monoisotopic (exact) mass is 292 g/mol. The van der Waals surface area contributed by atoms with Crippen molar-refractivity contribution in [3.8, 4) is 0 Å². The van der Waals surface area contributed by atoms with Crippen LogP contribution in [0.3, 0.4) is 0 Å². The van der Waals surface area contributed by atoms with Gasteiger partial charge >= 0.3 is 0 Å².